The molecule has 5 nitrogen and oxygen atoms in total. The Morgan fingerprint density at radius 1 is 1.55 bits per heavy atom. The second-order valence-electron chi connectivity index (χ2n) is 6.10. The van der Waals surface area contributed by atoms with Crippen LogP contribution in [0.2, 0.25) is 5.02 Å². The molecule has 0 aromatic carbocycles. The van der Waals surface area contributed by atoms with Gasteiger partial charge in [-0.1, -0.05) is 32.4 Å². The van der Waals surface area contributed by atoms with Crippen LogP contribution < -0.4 is 5.73 Å². The van der Waals surface area contributed by atoms with Crippen molar-refractivity contribution in [2.24, 2.45) is 11.7 Å². The molecule has 2 rings (SSSR count). The van der Waals surface area contributed by atoms with E-state index in [-0.39, 0.29) is 30.3 Å². The summed E-state index contributed by atoms with van der Waals surface area (Å²) in [6.45, 7) is 7.35. The van der Waals surface area contributed by atoms with E-state index in [0.29, 0.717) is 35.5 Å². The molecule has 2 heterocycles. The van der Waals surface area contributed by atoms with Crippen LogP contribution >= 0.6 is 24.0 Å². The number of halogens is 2. The molecule has 0 radical (unpaired) electrons. The fraction of sp³-hybridized carbons (Fsp3) is 0.667. The maximum Gasteiger partial charge on any atom is 0.274 e. The first-order valence-electron chi connectivity index (χ1n) is 7.47. The number of hydrogen-bond acceptors (Lipinski definition) is 4. The molecule has 0 aliphatic carbocycles. The summed E-state index contributed by atoms with van der Waals surface area (Å²) in [4.78, 5) is 23.1. The lowest BCUT2D eigenvalue weighted by molar-refractivity contribution is 0.0567. The summed E-state index contributed by atoms with van der Waals surface area (Å²) in [5, 5.41) is 0.304. The summed E-state index contributed by atoms with van der Waals surface area (Å²) in [6.07, 6.45) is 3.44. The Bertz CT molecular complexity index is 524. The van der Waals surface area contributed by atoms with Crippen LogP contribution in [-0.4, -0.2) is 39.9 Å². The van der Waals surface area contributed by atoms with Crippen molar-refractivity contribution >= 4 is 29.9 Å². The minimum atomic E-state index is -0.133. The molecule has 124 valence electrons. The van der Waals surface area contributed by atoms with E-state index in [1.54, 1.807) is 0 Å². The van der Waals surface area contributed by atoms with Gasteiger partial charge in [0.1, 0.15) is 5.82 Å². The average molecular weight is 347 g/mol. The Morgan fingerprint density at radius 3 is 2.82 bits per heavy atom. The van der Waals surface area contributed by atoms with Crippen LogP contribution in [0.1, 0.15) is 55.8 Å². The molecule has 7 heteroatoms. The Balaban J connectivity index is 0.00000242. The van der Waals surface area contributed by atoms with E-state index < -0.39 is 0 Å². The molecule has 0 spiro atoms. The SMILES string of the molecule is CC1CCN(C(=O)c2nc(C(C)C)ncc2Cl)C(CN)C1.Cl. The van der Waals surface area contributed by atoms with Crippen LogP contribution in [0, 0.1) is 5.92 Å². The van der Waals surface area contributed by atoms with E-state index in [1.807, 2.05) is 18.7 Å². The molecule has 1 aromatic rings. The Kier molecular flexibility index (Phi) is 7.03. The van der Waals surface area contributed by atoms with Gasteiger partial charge >= 0.3 is 0 Å². The van der Waals surface area contributed by atoms with Crippen molar-refractivity contribution in [2.75, 3.05) is 13.1 Å². The molecule has 1 aliphatic rings. The Labute approximate surface area is 143 Å². The third kappa shape index (κ3) is 4.09. The van der Waals surface area contributed by atoms with Crippen LogP contribution in [0.5, 0.6) is 0 Å². The highest BCUT2D eigenvalue weighted by Crippen LogP contribution is 2.25. The molecule has 2 N–H and O–H groups in total. The van der Waals surface area contributed by atoms with E-state index in [4.69, 9.17) is 17.3 Å². The molecule has 2 unspecified atom stereocenters. The third-order valence-electron chi connectivity index (χ3n) is 3.99. The minimum absolute atomic E-state index is 0. The number of likely N-dealkylation sites (tertiary alicyclic amines) is 1. The Morgan fingerprint density at radius 2 is 2.23 bits per heavy atom. The van der Waals surface area contributed by atoms with Gasteiger partial charge in [-0.15, -0.1) is 12.4 Å². The zero-order valence-electron chi connectivity index (χ0n) is 13.3. The van der Waals surface area contributed by atoms with Gasteiger partial charge in [-0.25, -0.2) is 9.97 Å². The molecule has 1 fully saturated rings. The molecular weight excluding hydrogens is 323 g/mol. The number of amides is 1. The third-order valence-corrected chi connectivity index (χ3v) is 4.27. The summed E-state index contributed by atoms with van der Waals surface area (Å²) < 4.78 is 0. The van der Waals surface area contributed by atoms with E-state index >= 15 is 0 Å². The van der Waals surface area contributed by atoms with Gasteiger partial charge in [0.15, 0.2) is 5.69 Å². The summed E-state index contributed by atoms with van der Waals surface area (Å²) >= 11 is 6.13. The molecular formula is C15H24Cl2N4O. The van der Waals surface area contributed by atoms with Crippen LogP contribution in [-0.2, 0) is 0 Å². The standard InChI is InChI=1S/C15H23ClN4O.ClH/c1-9(2)14-18-8-12(16)13(19-14)15(21)20-5-4-10(3)6-11(20)7-17;/h8-11H,4-7,17H2,1-3H3;1H. The molecule has 1 saturated heterocycles. The van der Waals surface area contributed by atoms with Gasteiger partial charge in [0.2, 0.25) is 0 Å². The zero-order valence-corrected chi connectivity index (χ0v) is 14.8. The maximum atomic E-state index is 12.8. The predicted molar refractivity (Wildman–Crippen MR) is 90.7 cm³/mol. The van der Waals surface area contributed by atoms with Gasteiger partial charge < -0.3 is 10.6 Å². The van der Waals surface area contributed by atoms with E-state index in [1.165, 1.54) is 6.20 Å². The van der Waals surface area contributed by atoms with E-state index in [2.05, 4.69) is 16.9 Å². The van der Waals surface area contributed by atoms with Crippen molar-refractivity contribution in [2.45, 2.75) is 45.6 Å². The summed E-state index contributed by atoms with van der Waals surface area (Å²) in [7, 11) is 0. The van der Waals surface area contributed by atoms with Crippen molar-refractivity contribution in [3.63, 3.8) is 0 Å². The topological polar surface area (TPSA) is 72.1 Å². The van der Waals surface area contributed by atoms with Gasteiger partial charge in [0, 0.05) is 25.0 Å². The van der Waals surface area contributed by atoms with Gasteiger partial charge in [0.25, 0.3) is 5.91 Å². The first kappa shape index (κ1) is 19.1. The van der Waals surface area contributed by atoms with Gasteiger partial charge in [0.05, 0.1) is 11.2 Å². The fourth-order valence-corrected chi connectivity index (χ4v) is 2.86. The second-order valence-corrected chi connectivity index (χ2v) is 6.50. The number of carbonyl (C=O) groups is 1. The summed E-state index contributed by atoms with van der Waals surface area (Å²) in [5.74, 6) is 1.25. The molecule has 1 amide bonds. The fourth-order valence-electron chi connectivity index (χ4n) is 2.69. The van der Waals surface area contributed by atoms with Crippen molar-refractivity contribution in [3.8, 4) is 0 Å². The van der Waals surface area contributed by atoms with Crippen molar-refractivity contribution < 1.29 is 4.79 Å². The maximum absolute atomic E-state index is 12.8. The normalized spacial score (nSPS) is 21.6. The highest BCUT2D eigenvalue weighted by atomic mass is 35.5. The van der Waals surface area contributed by atoms with Crippen LogP contribution in [0.4, 0.5) is 0 Å². The highest BCUT2D eigenvalue weighted by Gasteiger charge is 2.31. The minimum Gasteiger partial charge on any atom is -0.333 e. The number of piperidine rings is 1. The first-order valence-corrected chi connectivity index (χ1v) is 7.85. The average Bonchev–Trinajstić information content (AvgIpc) is 2.46. The molecule has 1 aliphatic heterocycles. The van der Waals surface area contributed by atoms with Crippen molar-refractivity contribution in [3.05, 3.63) is 22.7 Å². The second kappa shape index (κ2) is 8.09. The van der Waals surface area contributed by atoms with Gasteiger partial charge in [-0.05, 0) is 18.8 Å². The molecule has 2 atom stereocenters. The van der Waals surface area contributed by atoms with E-state index in [0.717, 1.165) is 12.8 Å². The predicted octanol–water partition coefficient (Wildman–Crippen LogP) is 2.87. The van der Waals surface area contributed by atoms with Crippen molar-refractivity contribution in [1.29, 1.82) is 0 Å². The van der Waals surface area contributed by atoms with E-state index in [9.17, 15) is 4.79 Å². The lowest BCUT2D eigenvalue weighted by Gasteiger charge is -2.37. The monoisotopic (exact) mass is 346 g/mol. The lowest BCUT2D eigenvalue weighted by Crippen LogP contribution is -2.49. The number of hydrogen-bond donors (Lipinski definition) is 1. The molecule has 22 heavy (non-hydrogen) atoms. The lowest BCUT2D eigenvalue weighted by atomic mass is 9.92. The van der Waals surface area contributed by atoms with Crippen LogP contribution in [0.3, 0.4) is 0 Å². The Hall–Kier alpha value is -0.910. The first-order chi connectivity index (χ1) is 9.93. The molecule has 0 bridgehead atoms. The number of carbonyl (C=O) groups excluding carboxylic acids is 1. The molecule has 0 saturated carbocycles. The summed E-state index contributed by atoms with van der Waals surface area (Å²) in [5.41, 5.74) is 6.12. The smallest absolute Gasteiger partial charge is 0.274 e. The van der Waals surface area contributed by atoms with Gasteiger partial charge in [-0.3, -0.25) is 4.79 Å². The highest BCUT2D eigenvalue weighted by molar-refractivity contribution is 6.33. The summed E-state index contributed by atoms with van der Waals surface area (Å²) in [6, 6.07) is 0.0646. The van der Waals surface area contributed by atoms with Gasteiger partial charge in [-0.2, -0.15) is 0 Å². The number of rotatable bonds is 3. The quantitative estimate of drug-likeness (QED) is 0.913. The van der Waals surface area contributed by atoms with Crippen molar-refractivity contribution in [1.82, 2.24) is 14.9 Å². The number of nitrogens with zero attached hydrogens (tertiary/aromatic N) is 3. The van der Waals surface area contributed by atoms with Crippen LogP contribution in [0.15, 0.2) is 6.20 Å². The largest absolute Gasteiger partial charge is 0.333 e. The number of nitrogens with two attached hydrogens (primary N) is 1. The van der Waals surface area contributed by atoms with Crippen LogP contribution in [0.25, 0.3) is 0 Å². The molecule has 1 aromatic heterocycles. The number of aromatic nitrogens is 2. The zero-order chi connectivity index (χ0) is 15.6.